The van der Waals surface area contributed by atoms with Crippen LogP contribution in [-0.2, 0) is 35.1 Å². The number of nitrogens with zero attached hydrogens (tertiary/aromatic N) is 2. The van der Waals surface area contributed by atoms with Crippen LogP contribution in [0.5, 0.6) is 5.75 Å². The molecule has 2 aliphatic heterocycles. The van der Waals surface area contributed by atoms with E-state index in [-0.39, 0.29) is 37.0 Å². The fourth-order valence-electron chi connectivity index (χ4n) is 4.61. The number of hydrazine groups is 1. The van der Waals surface area contributed by atoms with Crippen molar-refractivity contribution in [3.63, 3.8) is 0 Å². The van der Waals surface area contributed by atoms with Gasteiger partial charge in [-0.25, -0.2) is 5.43 Å². The highest BCUT2D eigenvalue weighted by Gasteiger charge is 2.34. The Hall–Kier alpha value is -3.07. The number of aliphatic imine (C=N–C) groups is 1. The lowest BCUT2D eigenvalue weighted by molar-refractivity contribution is -0.151. The van der Waals surface area contributed by atoms with Crippen LogP contribution in [0.4, 0.5) is 0 Å². The van der Waals surface area contributed by atoms with E-state index in [9.17, 15) is 24.3 Å². The summed E-state index contributed by atoms with van der Waals surface area (Å²) in [5.74, 6) is -1.26. The highest BCUT2D eigenvalue weighted by molar-refractivity contribution is 8.78. The summed E-state index contributed by atoms with van der Waals surface area (Å²) in [6.45, 7) is 4.65. The van der Waals surface area contributed by atoms with E-state index in [1.165, 1.54) is 24.3 Å². The van der Waals surface area contributed by atoms with E-state index in [0.29, 0.717) is 31.6 Å². The quantitative estimate of drug-likeness (QED) is 0.119. The van der Waals surface area contributed by atoms with Gasteiger partial charge < -0.3 is 25.2 Å². The SMILES string of the molecule is COC(=O)C1CCCN(C(=O)C(Cc2cccc(O)c2)NC(=O)C(NC(=O)CCOCCSSC2=CCCC=N2)C(C)C)N1. The predicted molar refractivity (Wildman–Crippen MR) is 172 cm³/mol. The Balaban J connectivity index is 1.55. The molecule has 44 heavy (non-hydrogen) atoms. The van der Waals surface area contributed by atoms with Crippen LogP contribution in [0.15, 0.2) is 40.4 Å². The second-order valence-corrected chi connectivity index (χ2v) is 13.2. The smallest absolute Gasteiger partial charge is 0.324 e. The minimum absolute atomic E-state index is 0.0320. The molecule has 1 fully saturated rings. The molecule has 1 aromatic rings. The van der Waals surface area contributed by atoms with E-state index in [4.69, 9.17) is 9.47 Å². The third kappa shape index (κ3) is 11.8. The molecule has 3 unspecified atom stereocenters. The van der Waals surface area contributed by atoms with Crippen molar-refractivity contribution in [2.24, 2.45) is 10.9 Å². The van der Waals surface area contributed by atoms with Gasteiger partial charge in [0, 0.05) is 31.4 Å². The molecule has 2 aliphatic rings. The minimum Gasteiger partial charge on any atom is -0.508 e. The van der Waals surface area contributed by atoms with Gasteiger partial charge in [-0.2, -0.15) is 0 Å². The van der Waals surface area contributed by atoms with Gasteiger partial charge in [0.2, 0.25) is 11.8 Å². The van der Waals surface area contributed by atoms with Crippen LogP contribution in [0.1, 0.15) is 51.5 Å². The summed E-state index contributed by atoms with van der Waals surface area (Å²) in [6, 6.07) is 3.83. The maximum atomic E-state index is 13.7. The minimum atomic E-state index is -1.03. The Morgan fingerprint density at radius 2 is 2.00 bits per heavy atom. The van der Waals surface area contributed by atoms with E-state index in [2.05, 4.69) is 27.1 Å². The van der Waals surface area contributed by atoms with Crippen LogP contribution in [-0.4, -0.2) is 90.8 Å². The summed E-state index contributed by atoms with van der Waals surface area (Å²) in [6.07, 6.45) is 7.28. The number of esters is 1. The molecule has 3 atom stereocenters. The number of benzene rings is 1. The lowest BCUT2D eigenvalue weighted by Crippen LogP contribution is -2.62. The number of hydrogen-bond acceptors (Lipinski definition) is 11. The Kier molecular flexibility index (Phi) is 15.0. The number of nitrogens with one attached hydrogen (secondary N) is 3. The number of allylic oxidation sites excluding steroid dienone is 1. The normalized spacial score (nSPS) is 17.9. The largest absolute Gasteiger partial charge is 0.508 e. The van der Waals surface area contributed by atoms with Crippen molar-refractivity contribution in [1.82, 2.24) is 21.1 Å². The topological polar surface area (TPSA) is 159 Å². The fraction of sp³-hybridized carbons (Fsp3) is 0.567. The van der Waals surface area contributed by atoms with Gasteiger partial charge >= 0.3 is 5.97 Å². The molecule has 0 saturated carbocycles. The van der Waals surface area contributed by atoms with E-state index in [0.717, 1.165) is 23.6 Å². The van der Waals surface area contributed by atoms with Gasteiger partial charge in [-0.3, -0.25) is 29.2 Å². The maximum absolute atomic E-state index is 13.7. The number of amides is 3. The monoisotopic (exact) mass is 649 g/mol. The van der Waals surface area contributed by atoms with Gasteiger partial charge in [0.05, 0.1) is 20.3 Å². The van der Waals surface area contributed by atoms with Gasteiger partial charge in [-0.05, 0) is 60.1 Å². The van der Waals surface area contributed by atoms with Crippen molar-refractivity contribution in [3.05, 3.63) is 40.9 Å². The Morgan fingerprint density at radius 3 is 2.70 bits per heavy atom. The van der Waals surface area contributed by atoms with Crippen molar-refractivity contribution >= 4 is 51.5 Å². The molecule has 0 bridgehead atoms. The number of ether oxygens (including phenoxy) is 2. The lowest BCUT2D eigenvalue weighted by Gasteiger charge is -2.35. The summed E-state index contributed by atoms with van der Waals surface area (Å²) in [5, 5.41) is 17.9. The third-order valence-corrected chi connectivity index (χ3v) is 9.19. The molecule has 14 heteroatoms. The summed E-state index contributed by atoms with van der Waals surface area (Å²) < 4.78 is 10.4. The van der Waals surface area contributed by atoms with Crippen LogP contribution >= 0.6 is 21.6 Å². The van der Waals surface area contributed by atoms with E-state index in [1.54, 1.807) is 47.6 Å². The van der Waals surface area contributed by atoms with Crippen LogP contribution in [0.25, 0.3) is 0 Å². The van der Waals surface area contributed by atoms with Crippen LogP contribution < -0.4 is 16.1 Å². The molecular formula is C30H43N5O7S2. The number of carbonyl (C=O) groups excluding carboxylic acids is 4. The molecule has 1 saturated heterocycles. The number of methoxy groups -OCH3 is 1. The van der Waals surface area contributed by atoms with Crippen LogP contribution in [0, 0.1) is 5.92 Å². The zero-order chi connectivity index (χ0) is 31.9. The number of aromatic hydroxyl groups is 1. The highest BCUT2D eigenvalue weighted by Crippen LogP contribution is 2.32. The van der Waals surface area contributed by atoms with Gasteiger partial charge in [0.1, 0.15) is 28.9 Å². The van der Waals surface area contributed by atoms with Crippen LogP contribution in [0.2, 0.25) is 0 Å². The molecule has 0 aromatic heterocycles. The molecule has 2 heterocycles. The van der Waals surface area contributed by atoms with Crippen LogP contribution in [0.3, 0.4) is 0 Å². The first-order valence-corrected chi connectivity index (χ1v) is 17.1. The first-order valence-electron chi connectivity index (χ1n) is 14.8. The standard InChI is InChI=1S/C30H43N5O7S2/c1-20(2)27(33-25(37)12-15-42-16-17-43-44-26-11-4-5-13-31-26)28(38)32-24(19-21-8-6-9-22(36)18-21)29(39)35-14-7-10-23(34-35)30(40)41-3/h6,8-9,11,13,18,20,23-24,27,34,36H,4-5,7,10,12,14-17,19H2,1-3H3,(H,32,38)(H,33,37). The number of phenolic OH excluding ortho intramolecular Hbond substituents is 1. The average molecular weight is 650 g/mol. The van der Waals surface area contributed by atoms with E-state index < -0.39 is 35.9 Å². The molecule has 3 amide bonds. The molecule has 3 rings (SSSR count). The van der Waals surface area contributed by atoms with Crippen molar-refractivity contribution in [2.45, 2.75) is 70.5 Å². The second-order valence-electron chi connectivity index (χ2n) is 10.8. The van der Waals surface area contributed by atoms with Crippen molar-refractivity contribution in [1.29, 1.82) is 0 Å². The molecular weight excluding hydrogens is 606 g/mol. The van der Waals surface area contributed by atoms with Gasteiger partial charge in [0.15, 0.2) is 0 Å². The highest BCUT2D eigenvalue weighted by atomic mass is 33.1. The molecule has 1 aromatic carbocycles. The molecule has 4 N–H and O–H groups in total. The lowest BCUT2D eigenvalue weighted by atomic mass is 10.00. The summed E-state index contributed by atoms with van der Waals surface area (Å²) in [5.41, 5.74) is 3.54. The molecule has 0 spiro atoms. The predicted octanol–water partition coefficient (Wildman–Crippen LogP) is 2.72. The average Bonchev–Trinajstić information content (AvgIpc) is 3.02. The maximum Gasteiger partial charge on any atom is 0.324 e. The van der Waals surface area contributed by atoms with E-state index in [1.807, 2.05) is 6.21 Å². The van der Waals surface area contributed by atoms with Crippen molar-refractivity contribution < 1.29 is 33.8 Å². The van der Waals surface area contributed by atoms with Gasteiger partial charge in [0.25, 0.3) is 5.91 Å². The molecule has 242 valence electrons. The summed E-state index contributed by atoms with van der Waals surface area (Å²) >= 11 is 0. The Labute approximate surface area is 266 Å². The number of rotatable bonds is 16. The summed E-state index contributed by atoms with van der Waals surface area (Å²) in [4.78, 5) is 56.3. The third-order valence-electron chi connectivity index (χ3n) is 6.93. The van der Waals surface area contributed by atoms with E-state index >= 15 is 0 Å². The first kappa shape index (κ1) is 35.4. The number of phenols is 1. The Morgan fingerprint density at radius 1 is 1.18 bits per heavy atom. The molecule has 12 nitrogen and oxygen atoms in total. The second kappa shape index (κ2) is 18.7. The first-order chi connectivity index (χ1) is 21.2. The fourth-order valence-corrected chi connectivity index (χ4v) is 6.46. The van der Waals surface area contributed by atoms with Crippen molar-refractivity contribution in [3.8, 4) is 5.75 Å². The number of carbonyl (C=O) groups is 4. The van der Waals surface area contributed by atoms with Gasteiger partial charge in [-0.1, -0.05) is 42.9 Å². The number of hydrogen-bond donors (Lipinski definition) is 4. The molecule has 0 aliphatic carbocycles. The zero-order valence-electron chi connectivity index (χ0n) is 25.5. The zero-order valence-corrected chi connectivity index (χ0v) is 27.1. The van der Waals surface area contributed by atoms with Crippen molar-refractivity contribution in [2.75, 3.05) is 32.6 Å². The summed E-state index contributed by atoms with van der Waals surface area (Å²) in [7, 11) is 4.54. The molecule has 0 radical (unpaired) electrons. The Bertz CT molecular complexity index is 1200. The van der Waals surface area contributed by atoms with Gasteiger partial charge in [-0.15, -0.1) is 0 Å².